The number of nitrogens with zero attached hydrogens (tertiary/aromatic N) is 2. The van der Waals surface area contributed by atoms with Crippen LogP contribution >= 0.6 is 0 Å². The van der Waals surface area contributed by atoms with E-state index in [-0.39, 0.29) is 5.91 Å². The van der Waals surface area contributed by atoms with Crippen molar-refractivity contribution in [2.75, 3.05) is 13.2 Å². The highest BCUT2D eigenvalue weighted by Gasteiger charge is 2.30. The van der Waals surface area contributed by atoms with Crippen molar-refractivity contribution in [3.63, 3.8) is 0 Å². The maximum absolute atomic E-state index is 12.4. The number of carbonyl (C=O) groups excluding carboxylic acids is 1. The number of amidine groups is 1. The number of carbonyl (C=O) groups is 1. The Kier molecular flexibility index (Phi) is 4.04. The number of benzene rings is 1. The molecule has 0 radical (unpaired) electrons. The van der Waals surface area contributed by atoms with E-state index in [2.05, 4.69) is 4.99 Å². The second-order valence-electron chi connectivity index (χ2n) is 5.33. The molecule has 110 valence electrons. The molecule has 21 heavy (non-hydrogen) atoms. The van der Waals surface area contributed by atoms with Crippen molar-refractivity contribution in [2.45, 2.75) is 32.6 Å². The lowest BCUT2D eigenvalue weighted by Gasteiger charge is -2.14. The number of rotatable bonds is 3. The molecule has 1 amide bonds. The number of amides is 1. The lowest BCUT2D eigenvalue weighted by molar-refractivity contribution is -0.122. The summed E-state index contributed by atoms with van der Waals surface area (Å²) in [5.41, 5.74) is 1.53. The molecule has 0 aliphatic carbocycles. The Balaban J connectivity index is 1.81. The fourth-order valence-electron chi connectivity index (χ4n) is 2.73. The van der Waals surface area contributed by atoms with Crippen molar-refractivity contribution in [2.24, 2.45) is 4.99 Å². The van der Waals surface area contributed by atoms with Crippen molar-refractivity contribution < 1.29 is 9.53 Å². The summed E-state index contributed by atoms with van der Waals surface area (Å²) in [5, 5.41) is 0. The van der Waals surface area contributed by atoms with Gasteiger partial charge in [0.05, 0.1) is 6.61 Å². The summed E-state index contributed by atoms with van der Waals surface area (Å²) < 4.78 is 5.42. The van der Waals surface area contributed by atoms with Crippen molar-refractivity contribution >= 4 is 17.8 Å². The van der Waals surface area contributed by atoms with Crippen molar-refractivity contribution in [3.8, 4) is 5.75 Å². The molecule has 1 saturated heterocycles. The predicted octanol–water partition coefficient (Wildman–Crippen LogP) is 3.24. The molecule has 0 N–H and O–H groups in total. The number of aliphatic imine (C=N–C) groups is 1. The van der Waals surface area contributed by atoms with E-state index in [1.165, 1.54) is 6.42 Å². The van der Waals surface area contributed by atoms with Crippen LogP contribution in [0, 0.1) is 0 Å². The van der Waals surface area contributed by atoms with Crippen LogP contribution in [0.25, 0.3) is 6.08 Å². The van der Waals surface area contributed by atoms with Crippen LogP contribution in [0.15, 0.2) is 35.0 Å². The van der Waals surface area contributed by atoms with Crippen LogP contribution in [0.3, 0.4) is 0 Å². The number of ether oxygens (including phenoxy) is 1. The molecule has 0 atom stereocenters. The topological polar surface area (TPSA) is 41.9 Å². The Bertz CT molecular complexity index is 587. The Morgan fingerprint density at radius 3 is 2.81 bits per heavy atom. The van der Waals surface area contributed by atoms with E-state index < -0.39 is 0 Å². The van der Waals surface area contributed by atoms with E-state index >= 15 is 0 Å². The minimum Gasteiger partial charge on any atom is -0.494 e. The quantitative estimate of drug-likeness (QED) is 0.800. The molecule has 0 spiro atoms. The molecule has 4 nitrogen and oxygen atoms in total. The molecule has 2 aliphatic rings. The summed E-state index contributed by atoms with van der Waals surface area (Å²) in [7, 11) is 0. The largest absolute Gasteiger partial charge is 0.494 e. The van der Waals surface area contributed by atoms with Crippen molar-refractivity contribution in [1.29, 1.82) is 0 Å². The maximum atomic E-state index is 12.4. The van der Waals surface area contributed by atoms with Crippen molar-refractivity contribution in [3.05, 3.63) is 35.5 Å². The van der Waals surface area contributed by atoms with E-state index in [4.69, 9.17) is 4.74 Å². The van der Waals surface area contributed by atoms with Crippen LogP contribution in [0.2, 0.25) is 0 Å². The third-order valence-corrected chi connectivity index (χ3v) is 3.80. The smallest absolute Gasteiger partial charge is 0.277 e. The van der Waals surface area contributed by atoms with E-state index in [1.54, 1.807) is 0 Å². The standard InChI is InChI=1S/C17H20N2O2/c1-2-21-14-9-7-13(8-10-14)12-15-17(20)19-11-5-3-4-6-16(19)18-15/h7-10,12H,2-6,11H2,1H3. The highest BCUT2D eigenvalue weighted by Crippen LogP contribution is 2.24. The van der Waals surface area contributed by atoms with E-state index in [1.807, 2.05) is 42.2 Å². The Labute approximate surface area is 125 Å². The Morgan fingerprint density at radius 2 is 2.05 bits per heavy atom. The highest BCUT2D eigenvalue weighted by molar-refractivity contribution is 6.14. The molecule has 1 aromatic rings. The van der Waals surface area contributed by atoms with Gasteiger partial charge in [-0.2, -0.15) is 0 Å². The summed E-state index contributed by atoms with van der Waals surface area (Å²) in [6.07, 6.45) is 6.15. The molecule has 0 aromatic heterocycles. The fourth-order valence-corrected chi connectivity index (χ4v) is 2.73. The molecular weight excluding hydrogens is 264 g/mol. The second kappa shape index (κ2) is 6.12. The van der Waals surface area contributed by atoms with Gasteiger partial charge in [-0.1, -0.05) is 18.6 Å². The van der Waals surface area contributed by atoms with Crippen LogP contribution in [-0.4, -0.2) is 29.8 Å². The van der Waals surface area contributed by atoms with Gasteiger partial charge in [-0.05, 0) is 43.5 Å². The zero-order chi connectivity index (χ0) is 14.7. The molecule has 1 aromatic carbocycles. The first-order valence-electron chi connectivity index (χ1n) is 7.62. The zero-order valence-electron chi connectivity index (χ0n) is 12.3. The van der Waals surface area contributed by atoms with E-state index in [9.17, 15) is 4.79 Å². The molecule has 2 heterocycles. The lowest BCUT2D eigenvalue weighted by Crippen LogP contribution is -2.31. The zero-order valence-corrected chi connectivity index (χ0v) is 12.3. The minimum atomic E-state index is 0.0424. The summed E-state index contributed by atoms with van der Waals surface area (Å²) in [5.74, 6) is 1.83. The first-order chi connectivity index (χ1) is 10.3. The van der Waals surface area contributed by atoms with Gasteiger partial charge in [0.15, 0.2) is 0 Å². The molecule has 0 bridgehead atoms. The van der Waals surface area contributed by atoms with Gasteiger partial charge in [-0.3, -0.25) is 9.69 Å². The lowest BCUT2D eigenvalue weighted by atomic mass is 10.2. The van der Waals surface area contributed by atoms with Crippen molar-refractivity contribution in [1.82, 2.24) is 4.90 Å². The van der Waals surface area contributed by atoms with E-state index in [0.717, 1.165) is 43.0 Å². The molecule has 0 unspecified atom stereocenters. The highest BCUT2D eigenvalue weighted by atomic mass is 16.5. The Hall–Kier alpha value is -2.10. The van der Waals surface area contributed by atoms with Gasteiger partial charge >= 0.3 is 0 Å². The van der Waals surface area contributed by atoms with Gasteiger partial charge in [-0.15, -0.1) is 0 Å². The van der Waals surface area contributed by atoms with Crippen LogP contribution in [0.4, 0.5) is 0 Å². The molecule has 0 saturated carbocycles. The van der Waals surface area contributed by atoms with Gasteiger partial charge in [0.25, 0.3) is 5.91 Å². The summed E-state index contributed by atoms with van der Waals surface area (Å²) in [4.78, 5) is 18.8. The third-order valence-electron chi connectivity index (χ3n) is 3.80. The fraction of sp³-hybridized carbons (Fsp3) is 0.412. The summed E-state index contributed by atoms with van der Waals surface area (Å²) in [6.45, 7) is 3.42. The monoisotopic (exact) mass is 284 g/mol. The van der Waals surface area contributed by atoms with Crippen LogP contribution in [0.5, 0.6) is 5.75 Å². The minimum absolute atomic E-state index is 0.0424. The van der Waals surface area contributed by atoms with Crippen LogP contribution in [-0.2, 0) is 4.79 Å². The van der Waals surface area contributed by atoms with Gasteiger partial charge in [0, 0.05) is 13.0 Å². The van der Waals surface area contributed by atoms with Gasteiger partial charge in [0.2, 0.25) is 0 Å². The number of fused-ring (bicyclic) bond motifs is 1. The summed E-state index contributed by atoms with van der Waals surface area (Å²) in [6, 6.07) is 7.74. The molecule has 2 aliphatic heterocycles. The first kappa shape index (κ1) is 13.9. The Morgan fingerprint density at radius 1 is 1.24 bits per heavy atom. The number of hydrogen-bond donors (Lipinski definition) is 0. The van der Waals surface area contributed by atoms with Crippen LogP contribution < -0.4 is 4.74 Å². The summed E-state index contributed by atoms with van der Waals surface area (Å²) >= 11 is 0. The molecule has 1 fully saturated rings. The predicted molar refractivity (Wildman–Crippen MR) is 83.2 cm³/mol. The van der Waals surface area contributed by atoms with Crippen LogP contribution in [0.1, 0.15) is 38.2 Å². The van der Waals surface area contributed by atoms with E-state index in [0.29, 0.717) is 12.3 Å². The van der Waals surface area contributed by atoms with Gasteiger partial charge in [-0.25, -0.2) is 4.99 Å². The molecular formula is C17H20N2O2. The second-order valence-corrected chi connectivity index (χ2v) is 5.33. The van der Waals surface area contributed by atoms with Gasteiger partial charge < -0.3 is 4.74 Å². The average molecular weight is 284 g/mol. The van der Waals surface area contributed by atoms with Gasteiger partial charge in [0.1, 0.15) is 17.3 Å². The SMILES string of the molecule is CCOc1ccc(C=C2N=C3CCCCCN3C2=O)cc1. The average Bonchev–Trinajstić information content (AvgIpc) is 2.68. The molecule has 3 rings (SSSR count). The number of hydrogen-bond acceptors (Lipinski definition) is 3. The third kappa shape index (κ3) is 2.99. The normalized spacial score (nSPS) is 20.2. The molecule has 4 heteroatoms. The first-order valence-corrected chi connectivity index (χ1v) is 7.62. The maximum Gasteiger partial charge on any atom is 0.277 e.